The zero-order valence-corrected chi connectivity index (χ0v) is 18.3. The van der Waals surface area contributed by atoms with Gasteiger partial charge in [0.2, 0.25) is 0 Å². The largest absolute Gasteiger partial charge is 0.356 e. The van der Waals surface area contributed by atoms with Crippen molar-refractivity contribution in [3.63, 3.8) is 0 Å². The summed E-state index contributed by atoms with van der Waals surface area (Å²) in [5.74, 6) is 2.26. The molecule has 0 aromatic carbocycles. The molecule has 1 heterocycles. The zero-order chi connectivity index (χ0) is 15.9. The number of nitrogens with one attached hydrogen (secondary N) is 1. The Hall–Kier alpha value is 0.310. The molecule has 0 amide bonds. The molecule has 0 saturated carbocycles. The summed E-state index contributed by atoms with van der Waals surface area (Å²) in [7, 11) is 4.09. The third kappa shape index (κ3) is 8.24. The molecule has 1 fully saturated rings. The molecule has 0 aromatic rings. The molecule has 0 aliphatic carbocycles. The van der Waals surface area contributed by atoms with Gasteiger partial charge in [0.15, 0.2) is 5.96 Å². The van der Waals surface area contributed by atoms with E-state index in [9.17, 15) is 0 Å². The van der Waals surface area contributed by atoms with E-state index in [2.05, 4.69) is 66.6 Å². The Morgan fingerprint density at radius 2 is 2.05 bits per heavy atom. The van der Waals surface area contributed by atoms with Crippen molar-refractivity contribution in [2.75, 3.05) is 46.0 Å². The topological polar surface area (TPSA) is 30.9 Å². The molecule has 132 valence electrons. The average molecular weight is 442 g/mol. The monoisotopic (exact) mass is 442 g/mol. The molecule has 1 N–H and O–H groups in total. The molecule has 1 rings (SSSR count). The minimum Gasteiger partial charge on any atom is -0.356 e. The summed E-state index contributed by atoms with van der Waals surface area (Å²) in [5.41, 5.74) is 0. The smallest absolute Gasteiger partial charge is 0.193 e. The fraction of sp³-hybridized carbons (Fsp3) is 0.938. The molecule has 0 bridgehead atoms. The Morgan fingerprint density at radius 3 is 2.59 bits per heavy atom. The summed E-state index contributed by atoms with van der Waals surface area (Å²) in [6.45, 7) is 13.5. The Balaban J connectivity index is 0.00000441. The molecule has 0 aromatic heterocycles. The third-order valence-electron chi connectivity index (χ3n) is 4.04. The van der Waals surface area contributed by atoms with Crippen molar-refractivity contribution in [1.82, 2.24) is 15.1 Å². The molecule has 0 spiro atoms. The van der Waals surface area contributed by atoms with Crippen molar-refractivity contribution in [2.24, 2.45) is 4.99 Å². The number of nitrogens with zero attached hydrogens (tertiary/aromatic N) is 3. The normalized spacial score (nSPS) is 18.5. The summed E-state index contributed by atoms with van der Waals surface area (Å²) >= 11 is 2.06. The summed E-state index contributed by atoms with van der Waals surface area (Å²) in [4.78, 5) is 9.25. The van der Waals surface area contributed by atoms with Crippen LogP contribution in [0.2, 0.25) is 0 Å². The number of guanidine groups is 1. The first-order valence-corrected chi connectivity index (χ1v) is 9.14. The fourth-order valence-corrected chi connectivity index (χ4v) is 3.59. The van der Waals surface area contributed by atoms with E-state index in [0.29, 0.717) is 10.8 Å². The maximum atomic E-state index is 4.45. The predicted octanol–water partition coefficient (Wildman–Crippen LogP) is 3.13. The standard InChI is InChI=1S/C16H34N4S.HI/c1-14(2)19(6)10-8-7-9-18-15(17-5)20-11-12-21-16(3,4)13-20;/h14H,7-13H2,1-6H3,(H,17,18);1H. The van der Waals surface area contributed by atoms with Crippen molar-refractivity contribution in [1.29, 1.82) is 0 Å². The van der Waals surface area contributed by atoms with Crippen molar-refractivity contribution >= 4 is 41.7 Å². The van der Waals surface area contributed by atoms with E-state index in [1.807, 2.05) is 7.05 Å². The predicted molar refractivity (Wildman–Crippen MR) is 112 cm³/mol. The number of hydrogen-bond donors (Lipinski definition) is 1. The van der Waals surface area contributed by atoms with Gasteiger partial charge < -0.3 is 15.1 Å². The lowest BCUT2D eigenvalue weighted by atomic mass is 10.2. The minimum absolute atomic E-state index is 0. The maximum absolute atomic E-state index is 4.45. The lowest BCUT2D eigenvalue weighted by Gasteiger charge is -2.39. The van der Waals surface area contributed by atoms with E-state index in [-0.39, 0.29) is 24.0 Å². The van der Waals surface area contributed by atoms with Gasteiger partial charge in [-0.05, 0) is 54.1 Å². The summed E-state index contributed by atoms with van der Waals surface area (Å²) in [6, 6.07) is 0.638. The number of hydrogen-bond acceptors (Lipinski definition) is 3. The van der Waals surface area contributed by atoms with Gasteiger partial charge in [0.05, 0.1) is 0 Å². The highest BCUT2D eigenvalue weighted by Gasteiger charge is 2.28. The number of rotatable bonds is 6. The number of thioether (sulfide) groups is 1. The number of aliphatic imine (C=N–C) groups is 1. The highest BCUT2D eigenvalue weighted by molar-refractivity contribution is 14.0. The number of unbranched alkanes of at least 4 members (excludes halogenated alkanes) is 1. The second kappa shape index (κ2) is 11.0. The van der Waals surface area contributed by atoms with Crippen LogP contribution in [0.3, 0.4) is 0 Å². The fourth-order valence-electron chi connectivity index (χ4n) is 2.47. The SMILES string of the molecule is CN=C(NCCCCN(C)C(C)C)N1CCSC(C)(C)C1.I. The zero-order valence-electron chi connectivity index (χ0n) is 15.2. The van der Waals surface area contributed by atoms with E-state index in [1.54, 1.807) is 0 Å². The summed E-state index contributed by atoms with van der Waals surface area (Å²) in [5, 5.41) is 3.53. The molecule has 1 saturated heterocycles. The van der Waals surface area contributed by atoms with Gasteiger partial charge in [-0.25, -0.2) is 0 Å². The van der Waals surface area contributed by atoms with Gasteiger partial charge in [-0.2, -0.15) is 11.8 Å². The first-order chi connectivity index (χ1) is 9.85. The highest BCUT2D eigenvalue weighted by atomic mass is 127. The van der Waals surface area contributed by atoms with E-state index in [4.69, 9.17) is 0 Å². The Morgan fingerprint density at radius 1 is 1.36 bits per heavy atom. The van der Waals surface area contributed by atoms with Crippen molar-refractivity contribution in [2.45, 2.75) is 51.3 Å². The van der Waals surface area contributed by atoms with Gasteiger partial charge in [0.1, 0.15) is 0 Å². The van der Waals surface area contributed by atoms with Crippen molar-refractivity contribution in [3.05, 3.63) is 0 Å². The molecular weight excluding hydrogens is 407 g/mol. The Kier molecular flexibility index (Phi) is 11.1. The van der Waals surface area contributed by atoms with Gasteiger partial charge in [-0.3, -0.25) is 4.99 Å². The first-order valence-electron chi connectivity index (χ1n) is 8.15. The molecule has 4 nitrogen and oxygen atoms in total. The molecule has 0 radical (unpaired) electrons. The summed E-state index contributed by atoms with van der Waals surface area (Å²) in [6.07, 6.45) is 2.43. The molecule has 1 aliphatic heterocycles. The van der Waals surface area contributed by atoms with Crippen LogP contribution in [0.1, 0.15) is 40.5 Å². The molecule has 6 heteroatoms. The molecule has 22 heavy (non-hydrogen) atoms. The third-order valence-corrected chi connectivity index (χ3v) is 5.34. The van der Waals surface area contributed by atoms with Crippen LogP contribution in [0.4, 0.5) is 0 Å². The Bertz CT molecular complexity index is 334. The van der Waals surface area contributed by atoms with Crippen LogP contribution >= 0.6 is 35.7 Å². The van der Waals surface area contributed by atoms with Crippen molar-refractivity contribution in [3.8, 4) is 0 Å². The van der Waals surface area contributed by atoms with Crippen LogP contribution in [0.25, 0.3) is 0 Å². The lowest BCUT2D eigenvalue weighted by molar-refractivity contribution is 0.268. The van der Waals surface area contributed by atoms with Gasteiger partial charge in [0, 0.05) is 43.2 Å². The van der Waals surface area contributed by atoms with E-state index in [1.165, 1.54) is 25.1 Å². The van der Waals surface area contributed by atoms with Gasteiger partial charge in [-0.15, -0.1) is 24.0 Å². The van der Waals surface area contributed by atoms with Crippen LogP contribution in [0, 0.1) is 0 Å². The quantitative estimate of drug-likeness (QED) is 0.297. The maximum Gasteiger partial charge on any atom is 0.193 e. The second-order valence-electron chi connectivity index (χ2n) is 6.79. The van der Waals surface area contributed by atoms with Crippen LogP contribution in [-0.2, 0) is 0 Å². The van der Waals surface area contributed by atoms with Gasteiger partial charge in [-0.1, -0.05) is 0 Å². The van der Waals surface area contributed by atoms with Crippen LogP contribution in [0.5, 0.6) is 0 Å². The molecule has 0 atom stereocenters. The van der Waals surface area contributed by atoms with E-state index < -0.39 is 0 Å². The molecule has 1 aliphatic rings. The van der Waals surface area contributed by atoms with E-state index in [0.717, 1.165) is 25.6 Å². The second-order valence-corrected chi connectivity index (χ2v) is 8.59. The molecule has 0 unspecified atom stereocenters. The van der Waals surface area contributed by atoms with Crippen molar-refractivity contribution < 1.29 is 0 Å². The van der Waals surface area contributed by atoms with Crippen LogP contribution in [-0.4, -0.2) is 72.6 Å². The van der Waals surface area contributed by atoms with Crippen LogP contribution < -0.4 is 5.32 Å². The van der Waals surface area contributed by atoms with Gasteiger partial charge >= 0.3 is 0 Å². The molecular formula is C16H35IN4S. The highest BCUT2D eigenvalue weighted by Crippen LogP contribution is 2.29. The average Bonchev–Trinajstić information content (AvgIpc) is 2.41. The Labute approximate surface area is 158 Å². The van der Waals surface area contributed by atoms with Crippen LogP contribution in [0.15, 0.2) is 4.99 Å². The van der Waals surface area contributed by atoms with E-state index >= 15 is 0 Å². The first kappa shape index (κ1) is 22.3. The lowest BCUT2D eigenvalue weighted by Crippen LogP contribution is -2.51. The summed E-state index contributed by atoms with van der Waals surface area (Å²) < 4.78 is 0.329. The minimum atomic E-state index is 0. The van der Waals surface area contributed by atoms with Gasteiger partial charge in [0.25, 0.3) is 0 Å². The number of halogens is 1.